The molecule has 20 heavy (non-hydrogen) atoms. The first-order valence-electron chi connectivity index (χ1n) is 6.62. The number of carbonyl (C=O) groups is 2. The molecule has 1 fully saturated rings. The second-order valence-corrected chi connectivity index (χ2v) is 5.77. The molecule has 5 nitrogen and oxygen atoms in total. The number of amides is 2. The number of piperidine rings is 1. The van der Waals surface area contributed by atoms with E-state index in [1.54, 1.807) is 30.1 Å². The van der Waals surface area contributed by atoms with E-state index in [-0.39, 0.29) is 11.8 Å². The van der Waals surface area contributed by atoms with E-state index >= 15 is 0 Å². The van der Waals surface area contributed by atoms with E-state index in [2.05, 4.69) is 21.2 Å². The summed E-state index contributed by atoms with van der Waals surface area (Å²) in [6.45, 7) is 0.586. The van der Waals surface area contributed by atoms with Gasteiger partial charge in [0.05, 0.1) is 5.56 Å². The lowest BCUT2D eigenvalue weighted by atomic mass is 9.99. The molecule has 2 rings (SSSR count). The summed E-state index contributed by atoms with van der Waals surface area (Å²) in [5.41, 5.74) is 6.75. The summed E-state index contributed by atoms with van der Waals surface area (Å²) in [6, 6.07) is 4.78. The Bertz CT molecular complexity index is 533. The SMILES string of the molecule is CNC(=O)C1CCCCN1C(=O)c1cc(Br)ccc1N. The van der Waals surface area contributed by atoms with Gasteiger partial charge in [-0.25, -0.2) is 0 Å². The number of rotatable bonds is 2. The highest BCUT2D eigenvalue weighted by Crippen LogP contribution is 2.24. The molecule has 0 aromatic heterocycles. The summed E-state index contributed by atoms with van der Waals surface area (Å²) < 4.78 is 0.795. The van der Waals surface area contributed by atoms with Gasteiger partial charge in [0.2, 0.25) is 5.91 Å². The van der Waals surface area contributed by atoms with Crippen LogP contribution < -0.4 is 11.1 Å². The molecule has 108 valence electrons. The fourth-order valence-corrected chi connectivity index (χ4v) is 2.84. The fraction of sp³-hybridized carbons (Fsp3) is 0.429. The molecule has 0 aliphatic carbocycles. The van der Waals surface area contributed by atoms with Crippen LogP contribution in [0.25, 0.3) is 0 Å². The van der Waals surface area contributed by atoms with Crippen molar-refractivity contribution in [2.75, 3.05) is 19.3 Å². The molecule has 1 saturated heterocycles. The minimum Gasteiger partial charge on any atom is -0.398 e. The first kappa shape index (κ1) is 14.8. The largest absolute Gasteiger partial charge is 0.398 e. The van der Waals surface area contributed by atoms with Crippen molar-refractivity contribution in [1.29, 1.82) is 0 Å². The summed E-state index contributed by atoms with van der Waals surface area (Å²) in [5.74, 6) is -0.302. The second-order valence-electron chi connectivity index (χ2n) is 4.86. The molecule has 0 spiro atoms. The van der Waals surface area contributed by atoms with E-state index in [0.717, 1.165) is 17.3 Å². The molecule has 3 N–H and O–H groups in total. The summed E-state index contributed by atoms with van der Waals surface area (Å²) in [4.78, 5) is 26.2. The topological polar surface area (TPSA) is 75.4 Å². The van der Waals surface area contributed by atoms with Gasteiger partial charge >= 0.3 is 0 Å². The van der Waals surface area contributed by atoms with Gasteiger partial charge in [0.15, 0.2) is 0 Å². The van der Waals surface area contributed by atoms with E-state index in [9.17, 15) is 9.59 Å². The van der Waals surface area contributed by atoms with Crippen molar-refractivity contribution < 1.29 is 9.59 Å². The lowest BCUT2D eigenvalue weighted by Gasteiger charge is -2.34. The number of anilines is 1. The van der Waals surface area contributed by atoms with Crippen LogP contribution >= 0.6 is 15.9 Å². The molecule has 0 bridgehead atoms. The molecule has 1 aromatic carbocycles. The Morgan fingerprint density at radius 2 is 2.15 bits per heavy atom. The van der Waals surface area contributed by atoms with Crippen molar-refractivity contribution >= 4 is 33.4 Å². The van der Waals surface area contributed by atoms with E-state index in [0.29, 0.717) is 24.2 Å². The van der Waals surface area contributed by atoms with Crippen LogP contribution in [-0.4, -0.2) is 36.3 Å². The number of nitrogen functional groups attached to an aromatic ring is 1. The summed E-state index contributed by atoms with van der Waals surface area (Å²) in [5, 5.41) is 2.62. The zero-order valence-electron chi connectivity index (χ0n) is 11.4. The smallest absolute Gasteiger partial charge is 0.256 e. The average molecular weight is 340 g/mol. The third-order valence-electron chi connectivity index (χ3n) is 3.56. The monoisotopic (exact) mass is 339 g/mol. The standard InChI is InChI=1S/C14H18BrN3O2/c1-17-13(19)12-4-2-3-7-18(12)14(20)10-8-9(15)5-6-11(10)16/h5-6,8,12H,2-4,7,16H2,1H3,(H,17,19). The highest BCUT2D eigenvalue weighted by atomic mass is 79.9. The van der Waals surface area contributed by atoms with Gasteiger partial charge < -0.3 is 16.0 Å². The molecule has 1 heterocycles. The van der Waals surface area contributed by atoms with Crippen LogP contribution in [0.5, 0.6) is 0 Å². The maximum Gasteiger partial charge on any atom is 0.256 e. The van der Waals surface area contributed by atoms with Gasteiger partial charge in [-0.15, -0.1) is 0 Å². The Labute approximate surface area is 126 Å². The van der Waals surface area contributed by atoms with Crippen LogP contribution in [0.15, 0.2) is 22.7 Å². The molecule has 1 aliphatic heterocycles. The van der Waals surface area contributed by atoms with Crippen molar-refractivity contribution in [2.45, 2.75) is 25.3 Å². The Balaban J connectivity index is 2.30. The van der Waals surface area contributed by atoms with Crippen LogP contribution in [0.1, 0.15) is 29.6 Å². The maximum absolute atomic E-state index is 12.6. The number of nitrogens with one attached hydrogen (secondary N) is 1. The van der Waals surface area contributed by atoms with Gasteiger partial charge in [-0.3, -0.25) is 9.59 Å². The zero-order valence-corrected chi connectivity index (χ0v) is 12.9. The molecular formula is C14H18BrN3O2. The van der Waals surface area contributed by atoms with Gasteiger partial charge in [-0.1, -0.05) is 15.9 Å². The molecule has 1 aliphatic rings. The molecule has 1 unspecified atom stereocenters. The van der Waals surface area contributed by atoms with Crippen LogP contribution in [0.3, 0.4) is 0 Å². The van der Waals surface area contributed by atoms with Crippen LogP contribution in [0.2, 0.25) is 0 Å². The lowest BCUT2D eigenvalue weighted by Crippen LogP contribution is -2.51. The third-order valence-corrected chi connectivity index (χ3v) is 4.05. The van der Waals surface area contributed by atoms with E-state index in [4.69, 9.17) is 5.73 Å². The maximum atomic E-state index is 12.6. The highest BCUT2D eigenvalue weighted by molar-refractivity contribution is 9.10. The number of halogens is 1. The number of hydrogen-bond donors (Lipinski definition) is 2. The van der Waals surface area contributed by atoms with Gasteiger partial charge in [0.25, 0.3) is 5.91 Å². The van der Waals surface area contributed by atoms with Crippen LogP contribution in [-0.2, 0) is 4.79 Å². The fourth-order valence-electron chi connectivity index (χ4n) is 2.48. The van der Waals surface area contributed by atoms with Crippen LogP contribution in [0.4, 0.5) is 5.69 Å². The van der Waals surface area contributed by atoms with Crippen molar-refractivity contribution in [3.8, 4) is 0 Å². The number of benzene rings is 1. The number of nitrogens with two attached hydrogens (primary N) is 1. The average Bonchev–Trinajstić information content (AvgIpc) is 2.48. The Kier molecular flexibility index (Phi) is 4.65. The predicted octanol–water partition coefficient (Wildman–Crippen LogP) is 1.77. The van der Waals surface area contributed by atoms with E-state index in [1.807, 2.05) is 0 Å². The minimum atomic E-state index is -0.403. The first-order chi connectivity index (χ1) is 9.54. The summed E-state index contributed by atoms with van der Waals surface area (Å²) in [7, 11) is 1.59. The van der Waals surface area contributed by atoms with Crippen molar-refractivity contribution in [2.24, 2.45) is 0 Å². The van der Waals surface area contributed by atoms with Crippen molar-refractivity contribution in [3.05, 3.63) is 28.2 Å². The normalized spacial score (nSPS) is 18.7. The number of hydrogen-bond acceptors (Lipinski definition) is 3. The van der Waals surface area contributed by atoms with Crippen molar-refractivity contribution in [3.63, 3.8) is 0 Å². The summed E-state index contributed by atoms with van der Waals surface area (Å²) in [6.07, 6.45) is 2.56. The Morgan fingerprint density at radius 3 is 2.85 bits per heavy atom. The number of nitrogens with zero attached hydrogens (tertiary/aromatic N) is 1. The quantitative estimate of drug-likeness (QED) is 0.806. The predicted molar refractivity (Wildman–Crippen MR) is 81.3 cm³/mol. The first-order valence-corrected chi connectivity index (χ1v) is 7.41. The third kappa shape index (κ3) is 2.95. The molecule has 1 aromatic rings. The summed E-state index contributed by atoms with van der Waals surface area (Å²) >= 11 is 3.34. The van der Waals surface area contributed by atoms with E-state index < -0.39 is 6.04 Å². The minimum absolute atomic E-state index is 0.119. The number of likely N-dealkylation sites (N-methyl/N-ethyl adjacent to an activating group) is 1. The van der Waals surface area contributed by atoms with Gasteiger partial charge in [-0.05, 0) is 37.5 Å². The van der Waals surface area contributed by atoms with Crippen LogP contribution in [0, 0.1) is 0 Å². The molecule has 1 atom stereocenters. The van der Waals surface area contributed by atoms with Crippen molar-refractivity contribution in [1.82, 2.24) is 10.2 Å². The van der Waals surface area contributed by atoms with Gasteiger partial charge in [0.1, 0.15) is 6.04 Å². The number of likely N-dealkylation sites (tertiary alicyclic amines) is 1. The van der Waals surface area contributed by atoms with E-state index in [1.165, 1.54) is 0 Å². The molecule has 0 saturated carbocycles. The molecule has 6 heteroatoms. The van der Waals surface area contributed by atoms with Gasteiger partial charge in [0, 0.05) is 23.8 Å². The lowest BCUT2D eigenvalue weighted by molar-refractivity contribution is -0.126. The number of carbonyl (C=O) groups excluding carboxylic acids is 2. The zero-order chi connectivity index (χ0) is 14.7. The second kappa shape index (κ2) is 6.26. The molecular weight excluding hydrogens is 322 g/mol. The molecule has 0 radical (unpaired) electrons. The Morgan fingerprint density at radius 1 is 1.40 bits per heavy atom. The Hall–Kier alpha value is -1.56. The highest BCUT2D eigenvalue weighted by Gasteiger charge is 2.32. The van der Waals surface area contributed by atoms with Gasteiger partial charge in [-0.2, -0.15) is 0 Å². The molecule has 2 amide bonds.